The first kappa shape index (κ1) is 17.4. The van der Waals surface area contributed by atoms with Crippen molar-refractivity contribution >= 4 is 5.95 Å². The van der Waals surface area contributed by atoms with Gasteiger partial charge in [0.15, 0.2) is 0 Å². The maximum absolute atomic E-state index is 4.61. The molecule has 3 aliphatic rings. The molecule has 0 aliphatic carbocycles. The molecule has 3 fully saturated rings. The van der Waals surface area contributed by atoms with Crippen molar-refractivity contribution in [3.8, 4) is 22.3 Å². The molecule has 0 radical (unpaired) electrons. The van der Waals surface area contributed by atoms with Crippen LogP contribution in [0.5, 0.6) is 0 Å². The van der Waals surface area contributed by atoms with Gasteiger partial charge in [-0.2, -0.15) is 0 Å². The molecule has 0 unspecified atom stereocenters. The van der Waals surface area contributed by atoms with Crippen molar-refractivity contribution < 1.29 is 0 Å². The van der Waals surface area contributed by atoms with E-state index < -0.39 is 0 Å². The summed E-state index contributed by atoms with van der Waals surface area (Å²) in [5, 5.41) is 3.61. The lowest BCUT2D eigenvalue weighted by Gasteiger charge is -2.49. The van der Waals surface area contributed by atoms with Crippen LogP contribution in [0.2, 0.25) is 0 Å². The van der Waals surface area contributed by atoms with E-state index in [2.05, 4.69) is 75.6 Å². The van der Waals surface area contributed by atoms with E-state index in [-0.39, 0.29) is 0 Å². The second-order valence-corrected chi connectivity index (χ2v) is 8.02. The first-order chi connectivity index (χ1) is 13.8. The van der Waals surface area contributed by atoms with Gasteiger partial charge in [0.1, 0.15) is 0 Å². The number of piperidine rings is 3. The average molecular weight is 371 g/mol. The highest BCUT2D eigenvalue weighted by Crippen LogP contribution is 2.33. The number of hydrogen-bond donors (Lipinski definition) is 1. The monoisotopic (exact) mass is 370 g/mol. The lowest BCUT2D eigenvalue weighted by Crippen LogP contribution is -2.59. The van der Waals surface area contributed by atoms with E-state index >= 15 is 0 Å². The summed E-state index contributed by atoms with van der Waals surface area (Å²) in [6.45, 7) is 4.80. The van der Waals surface area contributed by atoms with Gasteiger partial charge in [0, 0.05) is 30.0 Å². The zero-order chi connectivity index (χ0) is 18.9. The van der Waals surface area contributed by atoms with Gasteiger partial charge in [0.2, 0.25) is 5.95 Å². The second-order valence-electron chi connectivity index (χ2n) is 8.02. The molecule has 142 valence electrons. The van der Waals surface area contributed by atoms with Crippen LogP contribution in [0.3, 0.4) is 0 Å². The minimum absolute atomic E-state index is 0.457. The van der Waals surface area contributed by atoms with Gasteiger partial charge in [-0.15, -0.1) is 0 Å². The van der Waals surface area contributed by atoms with Crippen molar-refractivity contribution in [2.75, 3.05) is 18.4 Å². The molecule has 6 rings (SSSR count). The summed E-state index contributed by atoms with van der Waals surface area (Å²) in [4.78, 5) is 11.8. The molecule has 4 heterocycles. The minimum Gasteiger partial charge on any atom is -0.350 e. The summed E-state index contributed by atoms with van der Waals surface area (Å²) in [5.74, 6) is 1.49. The molecule has 3 saturated heterocycles. The van der Waals surface area contributed by atoms with Gasteiger partial charge in [-0.05, 0) is 55.5 Å². The number of anilines is 1. The summed E-state index contributed by atoms with van der Waals surface area (Å²) < 4.78 is 0. The van der Waals surface area contributed by atoms with Crippen LogP contribution >= 0.6 is 0 Å². The Morgan fingerprint density at radius 3 is 1.96 bits per heavy atom. The predicted molar refractivity (Wildman–Crippen MR) is 114 cm³/mol. The molecule has 4 heteroatoms. The highest BCUT2D eigenvalue weighted by atomic mass is 15.2. The van der Waals surface area contributed by atoms with E-state index in [9.17, 15) is 0 Å². The van der Waals surface area contributed by atoms with E-state index in [0.717, 1.165) is 23.0 Å². The summed E-state index contributed by atoms with van der Waals surface area (Å²) in [6, 6.07) is 20.1. The van der Waals surface area contributed by atoms with E-state index in [1.165, 1.54) is 37.1 Å². The molecule has 0 amide bonds. The molecular formula is C24H26N4. The summed E-state index contributed by atoms with van der Waals surface area (Å²) in [5.41, 5.74) is 4.64. The number of fused-ring (bicyclic) bond motifs is 3. The first-order valence-electron chi connectivity index (χ1n) is 10.3. The van der Waals surface area contributed by atoms with Gasteiger partial charge in [-0.1, -0.05) is 54.6 Å². The van der Waals surface area contributed by atoms with Crippen LogP contribution in [0, 0.1) is 5.92 Å². The highest BCUT2D eigenvalue weighted by Gasteiger charge is 2.39. The Morgan fingerprint density at radius 1 is 0.786 bits per heavy atom. The fourth-order valence-electron chi connectivity index (χ4n) is 4.73. The van der Waals surface area contributed by atoms with Gasteiger partial charge in [0.25, 0.3) is 0 Å². The molecule has 2 atom stereocenters. The minimum atomic E-state index is 0.457. The van der Waals surface area contributed by atoms with Gasteiger partial charge in [-0.25, -0.2) is 9.97 Å². The highest BCUT2D eigenvalue weighted by molar-refractivity contribution is 5.69. The topological polar surface area (TPSA) is 41.1 Å². The van der Waals surface area contributed by atoms with E-state index in [4.69, 9.17) is 0 Å². The lowest BCUT2D eigenvalue weighted by molar-refractivity contribution is 0.0455. The van der Waals surface area contributed by atoms with Crippen molar-refractivity contribution in [1.82, 2.24) is 14.9 Å². The number of aromatic nitrogens is 2. The van der Waals surface area contributed by atoms with Crippen molar-refractivity contribution in [3.63, 3.8) is 0 Å². The predicted octanol–water partition coefficient (Wildman–Crippen LogP) is 4.71. The number of rotatable bonds is 4. The quantitative estimate of drug-likeness (QED) is 0.722. The molecule has 0 saturated carbocycles. The zero-order valence-electron chi connectivity index (χ0n) is 16.3. The Morgan fingerprint density at radius 2 is 1.36 bits per heavy atom. The standard InChI is InChI=1S/C24H26N4/c1-17-23(21-11-13-28(17)14-12-21)27-24-25-15-22(16-26-24)20-9-7-19(8-10-20)18-5-3-2-4-6-18/h2-10,15-17,21,23H,11-14H2,1H3,(H,25,26,27)/t17-,23+/m1/s1. The van der Waals surface area contributed by atoms with Crippen LogP contribution in [0.1, 0.15) is 19.8 Å². The van der Waals surface area contributed by atoms with E-state index in [0.29, 0.717) is 12.1 Å². The van der Waals surface area contributed by atoms with Gasteiger partial charge in [-0.3, -0.25) is 4.90 Å². The van der Waals surface area contributed by atoms with Crippen molar-refractivity contribution in [2.45, 2.75) is 31.8 Å². The molecule has 4 nitrogen and oxygen atoms in total. The molecule has 0 spiro atoms. The molecule has 1 N–H and O–H groups in total. The molecule has 2 aromatic carbocycles. The third-order valence-corrected chi connectivity index (χ3v) is 6.45. The van der Waals surface area contributed by atoms with Crippen molar-refractivity contribution in [2.24, 2.45) is 5.92 Å². The largest absolute Gasteiger partial charge is 0.350 e. The summed E-state index contributed by atoms with van der Waals surface area (Å²) in [6.07, 6.45) is 6.43. The molecule has 1 aromatic heterocycles. The Labute approximate surface area is 166 Å². The third kappa shape index (κ3) is 3.29. The average Bonchev–Trinajstić information content (AvgIpc) is 2.78. The van der Waals surface area contributed by atoms with Gasteiger partial charge in [0.05, 0.1) is 0 Å². The molecular weight excluding hydrogens is 344 g/mol. The van der Waals surface area contributed by atoms with E-state index in [1.807, 2.05) is 18.5 Å². The van der Waals surface area contributed by atoms with Crippen LogP contribution in [0.15, 0.2) is 67.0 Å². The van der Waals surface area contributed by atoms with Crippen LogP contribution in [0.25, 0.3) is 22.3 Å². The molecule has 28 heavy (non-hydrogen) atoms. The third-order valence-electron chi connectivity index (χ3n) is 6.45. The SMILES string of the molecule is C[C@@H]1[C@H](Nc2ncc(-c3ccc(-c4ccccc4)cc3)cn2)C2CCN1CC2. The van der Waals surface area contributed by atoms with Gasteiger partial charge >= 0.3 is 0 Å². The zero-order valence-corrected chi connectivity index (χ0v) is 16.3. The van der Waals surface area contributed by atoms with Crippen molar-refractivity contribution in [3.05, 3.63) is 67.0 Å². The first-order valence-corrected chi connectivity index (χ1v) is 10.3. The second kappa shape index (κ2) is 7.36. The summed E-state index contributed by atoms with van der Waals surface area (Å²) in [7, 11) is 0. The smallest absolute Gasteiger partial charge is 0.222 e. The number of benzene rings is 2. The fraction of sp³-hybridized carbons (Fsp3) is 0.333. The Bertz CT molecular complexity index is 911. The van der Waals surface area contributed by atoms with Crippen LogP contribution < -0.4 is 5.32 Å². The maximum atomic E-state index is 4.61. The number of nitrogens with one attached hydrogen (secondary N) is 1. The molecule has 3 aliphatic heterocycles. The number of hydrogen-bond acceptors (Lipinski definition) is 4. The Kier molecular flexibility index (Phi) is 4.57. The fourth-order valence-corrected chi connectivity index (χ4v) is 4.73. The van der Waals surface area contributed by atoms with Crippen LogP contribution in [0.4, 0.5) is 5.95 Å². The van der Waals surface area contributed by atoms with Crippen LogP contribution in [-0.2, 0) is 0 Å². The molecule has 2 bridgehead atoms. The lowest BCUT2D eigenvalue weighted by atomic mass is 9.79. The van der Waals surface area contributed by atoms with Crippen molar-refractivity contribution in [1.29, 1.82) is 0 Å². The van der Waals surface area contributed by atoms with Gasteiger partial charge < -0.3 is 5.32 Å². The number of nitrogens with zero attached hydrogens (tertiary/aromatic N) is 3. The normalized spacial score (nSPS) is 26.2. The van der Waals surface area contributed by atoms with E-state index in [1.54, 1.807) is 0 Å². The summed E-state index contributed by atoms with van der Waals surface area (Å²) >= 11 is 0. The Balaban J connectivity index is 1.30. The Hall–Kier alpha value is -2.72. The maximum Gasteiger partial charge on any atom is 0.222 e. The van der Waals surface area contributed by atoms with Crippen LogP contribution in [-0.4, -0.2) is 40.0 Å². The molecule has 3 aromatic rings.